The van der Waals surface area contributed by atoms with E-state index >= 15 is 0 Å². The molecule has 3 nitrogen and oxygen atoms in total. The van der Waals surface area contributed by atoms with Crippen molar-refractivity contribution in [1.82, 2.24) is 9.80 Å². The summed E-state index contributed by atoms with van der Waals surface area (Å²) in [6.45, 7) is 5.30. The van der Waals surface area contributed by atoms with Gasteiger partial charge < -0.3 is 10.0 Å². The van der Waals surface area contributed by atoms with Gasteiger partial charge in [-0.05, 0) is 37.0 Å². The predicted octanol–water partition coefficient (Wildman–Crippen LogP) is 2.29. The summed E-state index contributed by atoms with van der Waals surface area (Å²) in [4.78, 5) is 4.97. The average Bonchev–Trinajstić information content (AvgIpc) is 2.55. The van der Waals surface area contributed by atoms with E-state index in [0.717, 1.165) is 52.0 Å². The van der Waals surface area contributed by atoms with Gasteiger partial charge in [0.15, 0.2) is 0 Å². The first-order chi connectivity index (χ1) is 10.7. The third kappa shape index (κ3) is 4.06. The summed E-state index contributed by atoms with van der Waals surface area (Å²) < 4.78 is 12.9. The summed E-state index contributed by atoms with van der Waals surface area (Å²) in [6, 6.07) is 7.22. The van der Waals surface area contributed by atoms with E-state index in [2.05, 4.69) is 9.80 Å². The number of nitrogens with zero attached hydrogens (tertiary/aromatic N) is 2. The molecule has 1 aromatic rings. The molecular formula is C18H27FN2O. The lowest BCUT2D eigenvalue weighted by molar-refractivity contribution is -0.00329. The fraction of sp³-hybridized carbons (Fsp3) is 0.667. The largest absolute Gasteiger partial charge is 0.391 e. The first-order valence-corrected chi connectivity index (χ1v) is 8.61. The Morgan fingerprint density at radius 2 is 1.68 bits per heavy atom. The molecule has 1 aliphatic heterocycles. The van der Waals surface area contributed by atoms with Crippen molar-refractivity contribution in [3.8, 4) is 0 Å². The molecule has 1 heterocycles. The van der Waals surface area contributed by atoms with Gasteiger partial charge in [0.2, 0.25) is 0 Å². The third-order valence-electron chi connectivity index (χ3n) is 5.20. The number of piperazine rings is 1. The quantitative estimate of drug-likeness (QED) is 0.924. The minimum Gasteiger partial charge on any atom is -0.391 e. The summed E-state index contributed by atoms with van der Waals surface area (Å²) in [6.07, 6.45) is 5.40. The molecule has 122 valence electrons. The number of aliphatic hydroxyl groups is 1. The zero-order chi connectivity index (χ0) is 15.4. The van der Waals surface area contributed by atoms with Crippen LogP contribution in [-0.2, 0) is 6.42 Å². The van der Waals surface area contributed by atoms with Crippen molar-refractivity contribution in [2.75, 3.05) is 32.7 Å². The standard InChI is InChI=1S/C18H27FN2O/c19-16-7-5-15(6-8-16)9-10-20-11-13-21(14-12-20)17-3-1-2-4-18(17)22/h5-8,17-18,22H,1-4,9-14H2/t17-,18-/m1/s1. The van der Waals surface area contributed by atoms with Crippen LogP contribution >= 0.6 is 0 Å². The van der Waals surface area contributed by atoms with Gasteiger partial charge in [-0.3, -0.25) is 4.90 Å². The van der Waals surface area contributed by atoms with Crippen molar-refractivity contribution < 1.29 is 9.50 Å². The summed E-state index contributed by atoms with van der Waals surface area (Å²) in [7, 11) is 0. The normalized spacial score (nSPS) is 27.9. The Bertz CT molecular complexity index is 457. The molecule has 22 heavy (non-hydrogen) atoms. The first kappa shape index (κ1) is 15.9. The lowest BCUT2D eigenvalue weighted by atomic mass is 9.91. The van der Waals surface area contributed by atoms with Gasteiger partial charge in [-0.2, -0.15) is 0 Å². The number of aliphatic hydroxyl groups excluding tert-OH is 1. The zero-order valence-corrected chi connectivity index (χ0v) is 13.3. The lowest BCUT2D eigenvalue weighted by Gasteiger charge is -2.42. The maximum absolute atomic E-state index is 12.9. The van der Waals surface area contributed by atoms with Crippen LogP contribution in [0.3, 0.4) is 0 Å². The third-order valence-corrected chi connectivity index (χ3v) is 5.20. The Morgan fingerprint density at radius 1 is 1.00 bits per heavy atom. The Balaban J connectivity index is 1.42. The Morgan fingerprint density at radius 3 is 2.36 bits per heavy atom. The van der Waals surface area contributed by atoms with Crippen LogP contribution in [0.15, 0.2) is 24.3 Å². The van der Waals surface area contributed by atoms with Crippen molar-refractivity contribution >= 4 is 0 Å². The topological polar surface area (TPSA) is 26.7 Å². The van der Waals surface area contributed by atoms with E-state index in [1.165, 1.54) is 30.5 Å². The second-order valence-electron chi connectivity index (χ2n) is 6.67. The molecule has 0 aromatic heterocycles. The average molecular weight is 306 g/mol. The van der Waals surface area contributed by atoms with Gasteiger partial charge >= 0.3 is 0 Å². The smallest absolute Gasteiger partial charge is 0.123 e. The molecule has 0 amide bonds. The van der Waals surface area contributed by atoms with Crippen LogP contribution in [0.25, 0.3) is 0 Å². The van der Waals surface area contributed by atoms with Gasteiger partial charge in [-0.15, -0.1) is 0 Å². The molecular weight excluding hydrogens is 279 g/mol. The molecule has 0 radical (unpaired) electrons. The Labute approximate surface area is 132 Å². The Hall–Kier alpha value is -0.970. The number of hydrogen-bond acceptors (Lipinski definition) is 3. The number of rotatable bonds is 4. The lowest BCUT2D eigenvalue weighted by Crippen LogP contribution is -2.54. The van der Waals surface area contributed by atoms with Crippen LogP contribution in [0.5, 0.6) is 0 Å². The summed E-state index contributed by atoms with van der Waals surface area (Å²) in [5, 5.41) is 10.2. The SMILES string of the molecule is O[C@@H]1CCCC[C@H]1N1CCN(CCc2ccc(F)cc2)CC1. The second kappa shape index (κ2) is 7.53. The van der Waals surface area contributed by atoms with E-state index < -0.39 is 0 Å². The van der Waals surface area contributed by atoms with Crippen LogP contribution < -0.4 is 0 Å². The minimum atomic E-state index is -0.164. The highest BCUT2D eigenvalue weighted by atomic mass is 19.1. The van der Waals surface area contributed by atoms with Crippen molar-refractivity contribution in [2.45, 2.75) is 44.2 Å². The molecule has 2 atom stereocenters. The molecule has 0 spiro atoms. The van der Waals surface area contributed by atoms with E-state index in [1.54, 1.807) is 0 Å². The van der Waals surface area contributed by atoms with Crippen LogP contribution in [0, 0.1) is 5.82 Å². The van der Waals surface area contributed by atoms with Gasteiger partial charge in [0.1, 0.15) is 5.82 Å². The first-order valence-electron chi connectivity index (χ1n) is 8.61. The van der Waals surface area contributed by atoms with Crippen molar-refractivity contribution in [3.63, 3.8) is 0 Å². The summed E-state index contributed by atoms with van der Waals surface area (Å²) in [5.41, 5.74) is 1.20. The summed E-state index contributed by atoms with van der Waals surface area (Å²) >= 11 is 0. The molecule has 1 N–H and O–H groups in total. The molecule has 0 bridgehead atoms. The van der Waals surface area contributed by atoms with Gasteiger partial charge in [0.05, 0.1) is 6.10 Å². The maximum Gasteiger partial charge on any atom is 0.123 e. The molecule has 0 unspecified atom stereocenters. The van der Waals surface area contributed by atoms with E-state index in [4.69, 9.17) is 0 Å². The van der Waals surface area contributed by atoms with Gasteiger partial charge in [-0.25, -0.2) is 4.39 Å². The molecule has 1 aliphatic carbocycles. The number of benzene rings is 1. The van der Waals surface area contributed by atoms with Crippen LogP contribution in [-0.4, -0.2) is 59.8 Å². The van der Waals surface area contributed by atoms with E-state index in [-0.39, 0.29) is 11.9 Å². The van der Waals surface area contributed by atoms with E-state index in [1.807, 2.05) is 12.1 Å². The molecule has 4 heteroatoms. The van der Waals surface area contributed by atoms with Crippen LogP contribution in [0.1, 0.15) is 31.2 Å². The highest BCUT2D eigenvalue weighted by molar-refractivity contribution is 5.16. The molecule has 2 fully saturated rings. The fourth-order valence-corrected chi connectivity index (χ4v) is 3.77. The van der Waals surface area contributed by atoms with Gasteiger partial charge in [-0.1, -0.05) is 25.0 Å². The van der Waals surface area contributed by atoms with Gasteiger partial charge in [0.25, 0.3) is 0 Å². The predicted molar refractivity (Wildman–Crippen MR) is 86.4 cm³/mol. The van der Waals surface area contributed by atoms with E-state index in [9.17, 15) is 9.50 Å². The second-order valence-corrected chi connectivity index (χ2v) is 6.67. The molecule has 1 aromatic carbocycles. The van der Waals surface area contributed by atoms with Gasteiger partial charge in [0, 0.05) is 38.8 Å². The maximum atomic E-state index is 12.9. The van der Waals surface area contributed by atoms with Crippen LogP contribution in [0.2, 0.25) is 0 Å². The van der Waals surface area contributed by atoms with Crippen molar-refractivity contribution in [3.05, 3.63) is 35.6 Å². The molecule has 3 rings (SSSR count). The van der Waals surface area contributed by atoms with Crippen molar-refractivity contribution in [2.24, 2.45) is 0 Å². The minimum absolute atomic E-state index is 0.125. The highest BCUT2D eigenvalue weighted by Gasteiger charge is 2.30. The Kier molecular flexibility index (Phi) is 5.45. The fourth-order valence-electron chi connectivity index (χ4n) is 3.77. The monoisotopic (exact) mass is 306 g/mol. The molecule has 2 aliphatic rings. The van der Waals surface area contributed by atoms with Crippen LogP contribution in [0.4, 0.5) is 4.39 Å². The zero-order valence-electron chi connectivity index (χ0n) is 13.3. The summed E-state index contributed by atoms with van der Waals surface area (Å²) in [5.74, 6) is -0.164. The number of hydrogen-bond donors (Lipinski definition) is 1. The van der Waals surface area contributed by atoms with Crippen molar-refractivity contribution in [1.29, 1.82) is 0 Å². The molecule has 1 saturated heterocycles. The highest BCUT2D eigenvalue weighted by Crippen LogP contribution is 2.24. The number of halogens is 1. The molecule has 1 saturated carbocycles. The van der Waals surface area contributed by atoms with E-state index in [0.29, 0.717) is 6.04 Å².